The molecule has 125 heavy (non-hydrogen) atoms. The highest BCUT2D eigenvalue weighted by molar-refractivity contribution is 5.88. The second-order valence-corrected chi connectivity index (χ2v) is 37.8. The Kier molecular flexibility index (Phi) is 33.7. The Morgan fingerprint density at radius 1 is 0.280 bits per heavy atom. The molecule has 10 aromatic rings. The van der Waals surface area contributed by atoms with Gasteiger partial charge in [0.1, 0.15) is 5.75 Å². The van der Waals surface area contributed by atoms with Crippen LogP contribution in [0.4, 0.5) is 0 Å². The molecule has 1 saturated heterocycles. The van der Waals surface area contributed by atoms with E-state index in [0.717, 1.165) is 63.9 Å². The van der Waals surface area contributed by atoms with E-state index in [2.05, 4.69) is 351 Å². The third-order valence-corrected chi connectivity index (χ3v) is 28.4. The van der Waals surface area contributed by atoms with E-state index < -0.39 is 0 Å². The number of fused-ring (bicyclic) bond motifs is 12. The van der Waals surface area contributed by atoms with Crippen molar-refractivity contribution in [1.82, 2.24) is 0 Å². The van der Waals surface area contributed by atoms with Crippen molar-refractivity contribution in [2.75, 3.05) is 19.8 Å². The second kappa shape index (κ2) is 44.8. The van der Waals surface area contributed by atoms with Gasteiger partial charge in [-0.1, -0.05) is 377 Å². The van der Waals surface area contributed by atoms with Gasteiger partial charge in [-0.2, -0.15) is 0 Å². The summed E-state index contributed by atoms with van der Waals surface area (Å²) in [5.41, 5.74) is 38.6. The smallest absolute Gasteiger partial charge is 0.119 e. The van der Waals surface area contributed by atoms with Crippen molar-refractivity contribution in [1.29, 1.82) is 0 Å². The maximum atomic E-state index is 6.27. The molecular formula is C123H148O2. The lowest BCUT2D eigenvalue weighted by molar-refractivity contribution is -0.133. The lowest BCUT2D eigenvalue weighted by Gasteiger charge is -2.40. The van der Waals surface area contributed by atoms with Crippen molar-refractivity contribution >= 4 is 0 Å². The van der Waals surface area contributed by atoms with Crippen LogP contribution in [0.2, 0.25) is 0 Å². The Labute approximate surface area is 757 Å². The van der Waals surface area contributed by atoms with Crippen molar-refractivity contribution in [2.24, 2.45) is 5.41 Å². The predicted octanol–water partition coefficient (Wildman–Crippen LogP) is 34.6. The van der Waals surface area contributed by atoms with Gasteiger partial charge in [-0.25, -0.2) is 0 Å². The SMILES string of the molecule is C=C/C=C/CCCC1(CCC/C=C/C=C)c2cc(C)ccc2-c2ccc(C)cc21.C=CCCCCCC1(CCCCCC=C)c2cc(C)ccc2-c2ccc(C)cc21.C=CCCCCCCC1(CCCCCCC=C)c2cc(C)ccc2-c2ccc(C)cc21.CCC1(COc2ccc(C3(c4ccc(C)cc4)c4cc(C)ccc4-c4ccc(C)cc43)cc2)COC1. The molecule has 5 aliphatic rings. The number of unbranched alkanes of at least 4 members (excludes halogenated alkanes) is 16. The zero-order chi connectivity index (χ0) is 88.4. The third-order valence-electron chi connectivity index (χ3n) is 28.4. The molecule has 0 saturated carbocycles. The molecule has 1 aliphatic heterocycles. The molecule has 4 aliphatic carbocycles. The van der Waals surface area contributed by atoms with Crippen LogP contribution < -0.4 is 4.74 Å². The molecule has 1 heterocycles. The second-order valence-electron chi connectivity index (χ2n) is 37.8. The highest BCUT2D eigenvalue weighted by atomic mass is 16.5. The Hall–Kier alpha value is -10.1. The molecule has 0 atom stereocenters. The Morgan fingerprint density at radius 3 is 0.792 bits per heavy atom. The van der Waals surface area contributed by atoms with Gasteiger partial charge < -0.3 is 9.47 Å². The van der Waals surface area contributed by atoms with E-state index in [0.29, 0.717) is 6.61 Å². The number of allylic oxidation sites excluding steroid dienone is 10. The van der Waals surface area contributed by atoms with Crippen LogP contribution in [0.15, 0.2) is 294 Å². The van der Waals surface area contributed by atoms with Crippen LogP contribution in [0.25, 0.3) is 44.5 Å². The fraction of sp³-hybridized carbons (Fsp3) is 0.382. The Morgan fingerprint density at radius 2 is 0.528 bits per heavy atom. The first-order valence-corrected chi connectivity index (χ1v) is 48.1. The lowest BCUT2D eigenvalue weighted by Crippen LogP contribution is -2.46. The number of benzene rings is 10. The minimum atomic E-state index is -0.374. The molecule has 0 amide bonds. The predicted molar refractivity (Wildman–Crippen MR) is 542 cm³/mol. The highest BCUT2D eigenvalue weighted by Crippen LogP contribution is 2.60. The fourth-order valence-electron chi connectivity index (χ4n) is 21.5. The van der Waals surface area contributed by atoms with Crippen LogP contribution in [-0.4, -0.2) is 19.8 Å². The van der Waals surface area contributed by atoms with Crippen LogP contribution >= 0.6 is 0 Å². The normalized spacial score (nSPS) is 14.7. The molecule has 2 nitrogen and oxygen atoms in total. The number of hydrogen-bond acceptors (Lipinski definition) is 2. The lowest BCUT2D eigenvalue weighted by atomic mass is 9.67. The van der Waals surface area contributed by atoms with Gasteiger partial charge in [-0.3, -0.25) is 0 Å². The summed E-state index contributed by atoms with van der Waals surface area (Å²) in [5, 5.41) is 0. The van der Waals surface area contributed by atoms with Gasteiger partial charge in [0, 0.05) is 16.2 Å². The molecule has 1 fully saturated rings. The molecule has 0 bridgehead atoms. The summed E-state index contributed by atoms with van der Waals surface area (Å²) in [4.78, 5) is 0. The first-order chi connectivity index (χ1) is 60.8. The zero-order valence-corrected chi connectivity index (χ0v) is 78.4. The van der Waals surface area contributed by atoms with Gasteiger partial charge in [0.2, 0.25) is 0 Å². The summed E-state index contributed by atoms with van der Waals surface area (Å²) in [7, 11) is 0. The van der Waals surface area contributed by atoms with E-state index in [1.807, 2.05) is 12.2 Å². The maximum Gasteiger partial charge on any atom is 0.119 e. The van der Waals surface area contributed by atoms with Gasteiger partial charge >= 0.3 is 0 Å². The number of ether oxygens (including phenoxy) is 2. The van der Waals surface area contributed by atoms with E-state index in [4.69, 9.17) is 9.47 Å². The van der Waals surface area contributed by atoms with E-state index in [-0.39, 0.29) is 27.1 Å². The van der Waals surface area contributed by atoms with Gasteiger partial charge in [-0.05, 0) is 297 Å². The van der Waals surface area contributed by atoms with E-state index in [1.165, 1.54) is 258 Å². The van der Waals surface area contributed by atoms with Gasteiger partial charge in [0.25, 0.3) is 0 Å². The zero-order valence-electron chi connectivity index (χ0n) is 78.4. The molecule has 0 unspecified atom stereocenters. The molecular weight excluding hydrogens is 1510 g/mol. The third kappa shape index (κ3) is 21.6. The topological polar surface area (TPSA) is 18.5 Å². The maximum absolute atomic E-state index is 6.27. The summed E-state index contributed by atoms with van der Waals surface area (Å²) in [5.74, 6) is 0.921. The van der Waals surface area contributed by atoms with Gasteiger partial charge in [-0.15, -0.1) is 26.3 Å². The quantitative estimate of drug-likeness (QED) is 0.0216. The van der Waals surface area contributed by atoms with E-state index >= 15 is 0 Å². The molecule has 2 heteroatoms. The van der Waals surface area contributed by atoms with Crippen LogP contribution in [0.3, 0.4) is 0 Å². The molecule has 0 radical (unpaired) electrons. The Balaban J connectivity index is 0.000000152. The van der Waals surface area contributed by atoms with E-state index in [9.17, 15) is 0 Å². The molecule has 15 rings (SSSR count). The van der Waals surface area contributed by atoms with Crippen LogP contribution in [0.5, 0.6) is 5.75 Å². The summed E-state index contributed by atoms with van der Waals surface area (Å²) >= 11 is 0. The summed E-state index contributed by atoms with van der Waals surface area (Å²) in [6.07, 6.45) is 56.5. The first-order valence-electron chi connectivity index (χ1n) is 48.1. The van der Waals surface area contributed by atoms with Gasteiger partial charge in [0.05, 0.1) is 30.7 Å². The van der Waals surface area contributed by atoms with Crippen molar-refractivity contribution in [3.8, 4) is 50.3 Å². The number of aryl methyl sites for hydroxylation is 9. The van der Waals surface area contributed by atoms with Crippen LogP contribution in [-0.2, 0) is 26.4 Å². The van der Waals surface area contributed by atoms with E-state index in [1.54, 1.807) is 33.4 Å². The first kappa shape index (κ1) is 94.0. The average molecular weight is 1660 g/mol. The summed E-state index contributed by atoms with van der Waals surface area (Å²) in [6.45, 7) is 47.6. The number of rotatable bonds is 42. The standard InChI is InChI=1S/C34H34O2.C31H42.C29H38.C29H34/c1-5-33(20-35-21-33)22-36-28-14-12-27(13-15-28)34(26-10-6-23(2)7-11-26)31-18-24(3)8-16-29(31)30-17-9-25(4)19-32(30)34;1-5-7-9-11-13-15-21-31(22-16-14-12-10-8-6-2)29-23-25(3)17-19-27(29)28-20-18-26(4)24-30(28)31;2*1-5-7-9-11-13-19-29(20-14-12-10-8-6-2)27-21-23(3)15-17-25(27)26-18-16-24(4)22-28(26)29/h6-19H,5,20-22H2,1-4H3;5-6,17-20,23-24H,1-2,7-16,21-22H2,3-4H3;5-6,15-18,21-22H,1-2,7-14,19-20H2,3-4H3;5-10,15-18,21-22H,1-2,11-14,19-20H2,3-4H3/b;;;9-7+,10-8+. The Bertz CT molecular complexity index is 5080. The van der Waals surface area contributed by atoms with Crippen LogP contribution in [0, 0.1) is 67.7 Å². The molecule has 0 aromatic heterocycles. The van der Waals surface area contributed by atoms with Crippen LogP contribution in [0.1, 0.15) is 299 Å². The van der Waals surface area contributed by atoms with Crippen molar-refractivity contribution in [3.05, 3.63) is 400 Å². The number of hydrogen-bond donors (Lipinski definition) is 0. The van der Waals surface area contributed by atoms with Gasteiger partial charge in [0.15, 0.2) is 0 Å². The monoisotopic (exact) mass is 1660 g/mol. The minimum absolute atomic E-state index is 0.118. The molecule has 0 N–H and O–H groups in total. The summed E-state index contributed by atoms with van der Waals surface area (Å²) < 4.78 is 11.8. The van der Waals surface area contributed by atoms with Crippen molar-refractivity contribution in [3.63, 3.8) is 0 Å². The minimum Gasteiger partial charge on any atom is -0.493 e. The average Bonchev–Trinajstić information content (AvgIpc) is 1.55. The highest BCUT2D eigenvalue weighted by Gasteiger charge is 2.49. The molecule has 652 valence electrons. The molecule has 10 aromatic carbocycles. The largest absolute Gasteiger partial charge is 0.493 e. The molecule has 0 spiro atoms. The summed E-state index contributed by atoms with van der Waals surface area (Å²) in [6, 6.07) is 74.5. The fourth-order valence-corrected chi connectivity index (χ4v) is 21.5. The van der Waals surface area contributed by atoms with Crippen molar-refractivity contribution < 1.29 is 9.47 Å². The van der Waals surface area contributed by atoms with Crippen molar-refractivity contribution in [2.45, 2.75) is 277 Å².